The molecule has 0 radical (unpaired) electrons. The molecule has 2 aliphatic heterocycles. The SMILES string of the molecule is CC(C)C[C@H]1C(=O)NCCN1C(=O)CC1=CCOCC1. The Morgan fingerprint density at radius 2 is 2.35 bits per heavy atom. The van der Waals surface area contributed by atoms with Gasteiger partial charge < -0.3 is 15.0 Å². The molecule has 0 unspecified atom stereocenters. The molecule has 0 aliphatic carbocycles. The van der Waals surface area contributed by atoms with Gasteiger partial charge in [0.1, 0.15) is 6.04 Å². The van der Waals surface area contributed by atoms with Crippen LogP contribution in [0.4, 0.5) is 0 Å². The summed E-state index contributed by atoms with van der Waals surface area (Å²) in [5, 5.41) is 2.86. The zero-order valence-corrected chi connectivity index (χ0v) is 12.4. The molecule has 0 saturated carbocycles. The van der Waals surface area contributed by atoms with E-state index in [0.29, 0.717) is 38.6 Å². The molecule has 2 heterocycles. The predicted molar refractivity (Wildman–Crippen MR) is 76.1 cm³/mol. The van der Waals surface area contributed by atoms with Gasteiger partial charge in [-0.3, -0.25) is 9.59 Å². The molecule has 2 aliphatic rings. The van der Waals surface area contributed by atoms with Crippen molar-refractivity contribution >= 4 is 11.8 Å². The Morgan fingerprint density at radius 1 is 1.55 bits per heavy atom. The first-order chi connectivity index (χ1) is 9.58. The maximum atomic E-state index is 12.5. The molecule has 20 heavy (non-hydrogen) atoms. The molecule has 0 spiro atoms. The Balaban J connectivity index is 2.01. The topological polar surface area (TPSA) is 58.6 Å². The lowest BCUT2D eigenvalue weighted by atomic mass is 9.98. The summed E-state index contributed by atoms with van der Waals surface area (Å²) in [5.41, 5.74) is 1.13. The van der Waals surface area contributed by atoms with Gasteiger partial charge >= 0.3 is 0 Å². The van der Waals surface area contributed by atoms with Gasteiger partial charge in [-0.15, -0.1) is 0 Å². The molecular weight excluding hydrogens is 256 g/mol. The number of rotatable bonds is 4. The molecule has 112 valence electrons. The van der Waals surface area contributed by atoms with Gasteiger partial charge in [-0.1, -0.05) is 25.5 Å². The largest absolute Gasteiger partial charge is 0.377 e. The molecule has 2 amide bonds. The Hall–Kier alpha value is -1.36. The van der Waals surface area contributed by atoms with Crippen molar-refractivity contribution in [3.8, 4) is 0 Å². The molecule has 0 aromatic heterocycles. The van der Waals surface area contributed by atoms with Crippen molar-refractivity contribution in [3.63, 3.8) is 0 Å². The number of hydrogen-bond donors (Lipinski definition) is 1. The number of nitrogens with one attached hydrogen (secondary N) is 1. The molecule has 0 aromatic carbocycles. The third-order valence-electron chi connectivity index (χ3n) is 3.78. The van der Waals surface area contributed by atoms with Crippen LogP contribution in [0, 0.1) is 5.92 Å². The first-order valence-electron chi connectivity index (χ1n) is 7.40. The molecule has 1 fully saturated rings. The third-order valence-corrected chi connectivity index (χ3v) is 3.78. The van der Waals surface area contributed by atoms with Crippen molar-refractivity contribution in [1.82, 2.24) is 10.2 Å². The van der Waals surface area contributed by atoms with Crippen LogP contribution in [0.15, 0.2) is 11.6 Å². The van der Waals surface area contributed by atoms with E-state index in [0.717, 1.165) is 18.4 Å². The Bertz CT molecular complexity index is 404. The van der Waals surface area contributed by atoms with Crippen LogP contribution >= 0.6 is 0 Å². The number of carbonyl (C=O) groups is 2. The summed E-state index contributed by atoms with van der Waals surface area (Å²) in [6.07, 6.45) is 3.95. The number of carbonyl (C=O) groups excluding carboxylic acids is 2. The van der Waals surface area contributed by atoms with Gasteiger partial charge in [0, 0.05) is 19.5 Å². The highest BCUT2D eigenvalue weighted by atomic mass is 16.5. The van der Waals surface area contributed by atoms with E-state index in [1.165, 1.54) is 0 Å². The third kappa shape index (κ3) is 3.82. The number of nitrogens with zero attached hydrogens (tertiary/aromatic N) is 1. The maximum absolute atomic E-state index is 12.5. The summed E-state index contributed by atoms with van der Waals surface area (Å²) in [5.74, 6) is 0.444. The maximum Gasteiger partial charge on any atom is 0.242 e. The summed E-state index contributed by atoms with van der Waals surface area (Å²) in [6.45, 7) is 6.61. The van der Waals surface area contributed by atoms with Crippen molar-refractivity contribution in [2.24, 2.45) is 5.92 Å². The fourth-order valence-corrected chi connectivity index (χ4v) is 2.72. The van der Waals surface area contributed by atoms with Gasteiger partial charge in [0.25, 0.3) is 0 Å². The van der Waals surface area contributed by atoms with E-state index in [-0.39, 0.29) is 17.9 Å². The van der Waals surface area contributed by atoms with E-state index >= 15 is 0 Å². The molecule has 0 bridgehead atoms. The molecule has 0 aromatic rings. The predicted octanol–water partition coefficient (Wildman–Crippen LogP) is 1.10. The van der Waals surface area contributed by atoms with E-state index < -0.39 is 0 Å². The van der Waals surface area contributed by atoms with Crippen molar-refractivity contribution in [2.75, 3.05) is 26.3 Å². The molecular formula is C15H24N2O3. The average Bonchev–Trinajstić information content (AvgIpc) is 2.41. The number of amides is 2. The first-order valence-corrected chi connectivity index (χ1v) is 7.40. The lowest BCUT2D eigenvalue weighted by molar-refractivity contribution is -0.143. The van der Waals surface area contributed by atoms with Crippen LogP contribution in [0.2, 0.25) is 0 Å². The van der Waals surface area contributed by atoms with Gasteiger partial charge in [0.05, 0.1) is 13.2 Å². The number of hydrogen-bond acceptors (Lipinski definition) is 3. The van der Waals surface area contributed by atoms with Gasteiger partial charge in [-0.05, 0) is 18.8 Å². The fourth-order valence-electron chi connectivity index (χ4n) is 2.72. The van der Waals surface area contributed by atoms with E-state index in [1.54, 1.807) is 4.90 Å². The highest BCUT2D eigenvalue weighted by Gasteiger charge is 2.33. The van der Waals surface area contributed by atoms with Crippen LogP contribution < -0.4 is 5.32 Å². The minimum atomic E-state index is -0.309. The molecule has 1 saturated heterocycles. The monoisotopic (exact) mass is 280 g/mol. The summed E-state index contributed by atoms with van der Waals surface area (Å²) in [4.78, 5) is 26.2. The fraction of sp³-hybridized carbons (Fsp3) is 0.733. The van der Waals surface area contributed by atoms with Crippen molar-refractivity contribution in [2.45, 2.75) is 39.2 Å². The summed E-state index contributed by atoms with van der Waals surface area (Å²) in [7, 11) is 0. The Labute approximate surface area is 120 Å². The molecule has 5 heteroatoms. The van der Waals surface area contributed by atoms with E-state index in [1.807, 2.05) is 6.08 Å². The van der Waals surface area contributed by atoms with Crippen LogP contribution in [0.25, 0.3) is 0 Å². The van der Waals surface area contributed by atoms with Crippen LogP contribution in [0.3, 0.4) is 0 Å². The normalized spacial score (nSPS) is 23.6. The van der Waals surface area contributed by atoms with Crippen molar-refractivity contribution in [3.05, 3.63) is 11.6 Å². The average molecular weight is 280 g/mol. The Morgan fingerprint density at radius 3 is 3.00 bits per heavy atom. The van der Waals surface area contributed by atoms with Gasteiger partial charge in [0.2, 0.25) is 11.8 Å². The van der Waals surface area contributed by atoms with Crippen molar-refractivity contribution in [1.29, 1.82) is 0 Å². The molecule has 1 atom stereocenters. The number of piperazine rings is 1. The second-order valence-electron chi connectivity index (χ2n) is 5.89. The molecule has 5 nitrogen and oxygen atoms in total. The van der Waals surface area contributed by atoms with E-state index in [4.69, 9.17) is 4.74 Å². The van der Waals surface area contributed by atoms with Crippen LogP contribution in [0.1, 0.15) is 33.1 Å². The second kappa shape index (κ2) is 6.88. The van der Waals surface area contributed by atoms with Gasteiger partial charge in [0.15, 0.2) is 0 Å². The lowest BCUT2D eigenvalue weighted by Gasteiger charge is -2.36. The standard InChI is InChI=1S/C15H24N2O3/c1-11(2)9-13-15(19)16-5-6-17(13)14(18)10-12-3-7-20-8-4-12/h3,11,13H,4-10H2,1-2H3,(H,16,19)/t13-/m0/s1. The summed E-state index contributed by atoms with van der Waals surface area (Å²) in [6, 6.07) is -0.309. The van der Waals surface area contributed by atoms with E-state index in [2.05, 4.69) is 19.2 Å². The smallest absolute Gasteiger partial charge is 0.242 e. The highest BCUT2D eigenvalue weighted by Crippen LogP contribution is 2.19. The quantitative estimate of drug-likeness (QED) is 0.784. The molecule has 2 rings (SSSR count). The van der Waals surface area contributed by atoms with E-state index in [9.17, 15) is 9.59 Å². The summed E-state index contributed by atoms with van der Waals surface area (Å²) >= 11 is 0. The molecule has 1 N–H and O–H groups in total. The number of ether oxygens (including phenoxy) is 1. The lowest BCUT2D eigenvalue weighted by Crippen LogP contribution is -2.57. The zero-order valence-electron chi connectivity index (χ0n) is 12.4. The van der Waals surface area contributed by atoms with Crippen LogP contribution in [-0.4, -0.2) is 49.1 Å². The minimum absolute atomic E-state index is 0.0146. The van der Waals surface area contributed by atoms with Gasteiger partial charge in [-0.2, -0.15) is 0 Å². The zero-order chi connectivity index (χ0) is 14.5. The second-order valence-corrected chi connectivity index (χ2v) is 5.89. The van der Waals surface area contributed by atoms with Crippen LogP contribution in [0.5, 0.6) is 0 Å². The van der Waals surface area contributed by atoms with Gasteiger partial charge in [-0.25, -0.2) is 0 Å². The van der Waals surface area contributed by atoms with Crippen LogP contribution in [-0.2, 0) is 14.3 Å². The Kier molecular flexibility index (Phi) is 5.17. The highest BCUT2D eigenvalue weighted by molar-refractivity contribution is 5.89. The summed E-state index contributed by atoms with van der Waals surface area (Å²) < 4.78 is 5.25. The van der Waals surface area contributed by atoms with Crippen molar-refractivity contribution < 1.29 is 14.3 Å². The first kappa shape index (κ1) is 15.0. The minimum Gasteiger partial charge on any atom is -0.377 e.